The van der Waals surface area contributed by atoms with Gasteiger partial charge in [0.15, 0.2) is 0 Å². The van der Waals surface area contributed by atoms with Crippen molar-refractivity contribution >= 4 is 6.21 Å². The maximum atomic E-state index is 10.2. The smallest absolute Gasteiger partial charge is 0.0646 e. The van der Waals surface area contributed by atoms with Crippen LogP contribution in [-0.2, 0) is 6.54 Å². The van der Waals surface area contributed by atoms with Gasteiger partial charge in [0.1, 0.15) is 0 Å². The lowest BCUT2D eigenvalue weighted by Gasteiger charge is -2.58. The highest BCUT2D eigenvalue weighted by atomic mass is 16.3. The third-order valence-corrected chi connectivity index (χ3v) is 10.1. The van der Waals surface area contributed by atoms with Crippen LogP contribution in [0.15, 0.2) is 34.8 Å². The van der Waals surface area contributed by atoms with E-state index in [2.05, 4.69) is 43.1 Å². The highest BCUT2D eigenvalue weighted by molar-refractivity contribution is 5.84. The first-order chi connectivity index (χ1) is 14.0. The zero-order valence-corrected chi connectivity index (χ0v) is 18.0. The summed E-state index contributed by atoms with van der Waals surface area (Å²) in [5, 5.41) is 10.2. The van der Waals surface area contributed by atoms with E-state index in [0.29, 0.717) is 16.7 Å². The van der Waals surface area contributed by atoms with Gasteiger partial charge in [-0.05, 0) is 103 Å². The number of aliphatic imine (C=N–C) groups is 1. The molecule has 1 aliphatic heterocycles. The maximum Gasteiger partial charge on any atom is 0.0646 e. The zero-order chi connectivity index (χ0) is 19.8. The van der Waals surface area contributed by atoms with E-state index in [-0.39, 0.29) is 6.10 Å². The van der Waals surface area contributed by atoms with Gasteiger partial charge < -0.3 is 5.11 Å². The van der Waals surface area contributed by atoms with E-state index in [0.717, 1.165) is 37.1 Å². The number of aliphatic hydroxyl groups is 1. The lowest BCUT2D eigenvalue weighted by molar-refractivity contribution is -0.0409. The number of hydrogen-bond acceptors (Lipinski definition) is 2. The Labute approximate surface area is 175 Å². The molecule has 0 amide bonds. The molecule has 1 heterocycles. The monoisotopic (exact) mass is 389 g/mol. The van der Waals surface area contributed by atoms with Crippen LogP contribution in [0.2, 0.25) is 0 Å². The summed E-state index contributed by atoms with van der Waals surface area (Å²) in [6, 6.07) is 7.20. The molecule has 1 aromatic rings. The van der Waals surface area contributed by atoms with Gasteiger partial charge in [0.25, 0.3) is 0 Å². The summed E-state index contributed by atoms with van der Waals surface area (Å²) in [4.78, 5) is 4.47. The fourth-order valence-electron chi connectivity index (χ4n) is 8.54. The number of nitrogens with zero attached hydrogens (tertiary/aromatic N) is 1. The molecule has 0 unspecified atom stereocenters. The van der Waals surface area contributed by atoms with Crippen LogP contribution in [0.4, 0.5) is 0 Å². The van der Waals surface area contributed by atoms with Gasteiger partial charge in [-0.1, -0.05) is 43.7 Å². The summed E-state index contributed by atoms with van der Waals surface area (Å²) in [5.74, 6) is 3.25. The van der Waals surface area contributed by atoms with Crippen molar-refractivity contribution in [1.82, 2.24) is 0 Å². The van der Waals surface area contributed by atoms with E-state index in [1.165, 1.54) is 49.7 Å². The Morgan fingerprint density at radius 2 is 1.93 bits per heavy atom. The van der Waals surface area contributed by atoms with Crippen molar-refractivity contribution in [2.45, 2.75) is 83.8 Å². The molecule has 7 atom stereocenters. The van der Waals surface area contributed by atoms with Gasteiger partial charge in [0.05, 0.1) is 12.6 Å². The van der Waals surface area contributed by atoms with Crippen molar-refractivity contribution in [3.63, 3.8) is 0 Å². The van der Waals surface area contributed by atoms with Crippen molar-refractivity contribution in [3.8, 4) is 0 Å². The van der Waals surface area contributed by atoms with Crippen LogP contribution in [0.3, 0.4) is 0 Å². The second-order valence-electron chi connectivity index (χ2n) is 11.3. The Hall–Kier alpha value is -1.41. The van der Waals surface area contributed by atoms with Crippen LogP contribution >= 0.6 is 0 Å². The molecule has 1 N–H and O–H groups in total. The second-order valence-corrected chi connectivity index (χ2v) is 11.3. The SMILES string of the molecule is C[C@]12CC[C@H]3[C@@H](CC=C4C[C@H](O)CC[C@@]43C)[C@@H]1CC[C@@H]2c1ccc2c(c1)CN=C2. The topological polar surface area (TPSA) is 32.6 Å². The summed E-state index contributed by atoms with van der Waals surface area (Å²) in [5.41, 5.74) is 6.74. The van der Waals surface area contributed by atoms with Crippen LogP contribution in [0.5, 0.6) is 0 Å². The molecule has 4 aliphatic carbocycles. The summed E-state index contributed by atoms with van der Waals surface area (Å²) in [6.07, 6.45) is 14.4. The number of benzene rings is 1. The minimum Gasteiger partial charge on any atom is -0.393 e. The molecule has 2 heteroatoms. The number of aliphatic hydroxyl groups excluding tert-OH is 1. The Morgan fingerprint density at radius 1 is 1.03 bits per heavy atom. The van der Waals surface area contributed by atoms with Crippen LogP contribution in [0, 0.1) is 28.6 Å². The Balaban J connectivity index is 1.31. The van der Waals surface area contributed by atoms with Crippen LogP contribution in [0.1, 0.15) is 87.8 Å². The largest absolute Gasteiger partial charge is 0.393 e. The molecule has 1 aromatic carbocycles. The van der Waals surface area contributed by atoms with Crippen molar-refractivity contribution < 1.29 is 5.11 Å². The third-order valence-electron chi connectivity index (χ3n) is 10.1. The molecule has 154 valence electrons. The van der Waals surface area contributed by atoms with Gasteiger partial charge in [-0.15, -0.1) is 0 Å². The molecular formula is C27H35NO. The minimum atomic E-state index is -0.0978. The zero-order valence-electron chi connectivity index (χ0n) is 18.0. The first kappa shape index (κ1) is 18.4. The lowest BCUT2D eigenvalue weighted by atomic mass is 9.47. The highest BCUT2D eigenvalue weighted by Crippen LogP contribution is 2.68. The summed E-state index contributed by atoms with van der Waals surface area (Å²) < 4.78 is 0. The lowest BCUT2D eigenvalue weighted by Crippen LogP contribution is -2.50. The first-order valence-corrected chi connectivity index (χ1v) is 12.0. The number of rotatable bonds is 1. The average Bonchev–Trinajstić information content (AvgIpc) is 3.31. The van der Waals surface area contributed by atoms with E-state index < -0.39 is 0 Å². The van der Waals surface area contributed by atoms with Gasteiger partial charge in [-0.2, -0.15) is 0 Å². The molecule has 0 spiro atoms. The first-order valence-electron chi connectivity index (χ1n) is 12.0. The highest BCUT2D eigenvalue weighted by Gasteiger charge is 2.58. The summed E-state index contributed by atoms with van der Waals surface area (Å²) >= 11 is 0. The number of allylic oxidation sites excluding steroid dienone is 1. The van der Waals surface area contributed by atoms with E-state index in [1.54, 1.807) is 11.1 Å². The van der Waals surface area contributed by atoms with Gasteiger partial charge >= 0.3 is 0 Å². The van der Waals surface area contributed by atoms with Gasteiger partial charge in [0.2, 0.25) is 0 Å². The molecule has 29 heavy (non-hydrogen) atoms. The number of fused-ring (bicyclic) bond motifs is 6. The van der Waals surface area contributed by atoms with Crippen LogP contribution < -0.4 is 0 Å². The molecule has 0 saturated heterocycles. The normalized spacial score (nSPS) is 45.2. The Kier molecular flexibility index (Phi) is 3.99. The summed E-state index contributed by atoms with van der Waals surface area (Å²) in [6.45, 7) is 6.04. The molecule has 2 nitrogen and oxygen atoms in total. The van der Waals surface area contributed by atoms with E-state index in [1.807, 2.05) is 6.21 Å². The van der Waals surface area contributed by atoms with Crippen molar-refractivity contribution in [1.29, 1.82) is 0 Å². The molecule has 6 rings (SSSR count). The Bertz CT molecular complexity index is 900. The van der Waals surface area contributed by atoms with Gasteiger partial charge in [-0.3, -0.25) is 4.99 Å². The molecular weight excluding hydrogens is 354 g/mol. The maximum absolute atomic E-state index is 10.2. The molecule has 0 radical (unpaired) electrons. The quantitative estimate of drug-likeness (QED) is 0.585. The predicted octanol–water partition coefficient (Wildman–Crippen LogP) is 6.03. The number of hydrogen-bond donors (Lipinski definition) is 1. The van der Waals surface area contributed by atoms with E-state index in [4.69, 9.17) is 0 Å². The molecule has 3 fully saturated rings. The molecule has 0 bridgehead atoms. The van der Waals surface area contributed by atoms with E-state index >= 15 is 0 Å². The average molecular weight is 390 g/mol. The minimum absolute atomic E-state index is 0.0978. The van der Waals surface area contributed by atoms with Crippen molar-refractivity contribution in [2.75, 3.05) is 0 Å². The predicted molar refractivity (Wildman–Crippen MR) is 118 cm³/mol. The van der Waals surface area contributed by atoms with Crippen LogP contribution in [-0.4, -0.2) is 17.4 Å². The van der Waals surface area contributed by atoms with Crippen LogP contribution in [0.25, 0.3) is 0 Å². The fraction of sp³-hybridized carbons (Fsp3) is 0.667. The summed E-state index contributed by atoms with van der Waals surface area (Å²) in [7, 11) is 0. The fourth-order valence-corrected chi connectivity index (χ4v) is 8.54. The molecule has 3 saturated carbocycles. The Morgan fingerprint density at radius 3 is 2.83 bits per heavy atom. The third kappa shape index (κ3) is 2.54. The van der Waals surface area contributed by atoms with E-state index in [9.17, 15) is 5.11 Å². The van der Waals surface area contributed by atoms with Gasteiger partial charge in [0, 0.05) is 6.21 Å². The van der Waals surface area contributed by atoms with Gasteiger partial charge in [-0.25, -0.2) is 0 Å². The molecule has 0 aromatic heterocycles. The molecule has 5 aliphatic rings. The standard InChI is InChI=1S/C27H35NO/c1-26-11-9-21(29)14-20(26)5-6-22-24-8-7-23(27(24,2)12-10-25(22)26)17-3-4-18-15-28-16-19(18)13-17/h3-5,13,15,21-25,29H,6-12,14,16H2,1-2H3/t21-,22+,23-,24+,25+,26+,27-/m1/s1. The van der Waals surface area contributed by atoms with Crippen molar-refractivity contribution in [3.05, 3.63) is 46.5 Å². The second kappa shape index (κ2) is 6.30. The van der Waals surface area contributed by atoms with Crippen molar-refractivity contribution in [2.24, 2.45) is 33.6 Å².